The second-order valence-corrected chi connectivity index (χ2v) is 6.87. The molecule has 27 heavy (non-hydrogen) atoms. The van der Waals surface area contributed by atoms with E-state index in [1.807, 2.05) is 18.2 Å². The Hall–Kier alpha value is -2.86. The minimum Gasteiger partial charge on any atom is -0.465 e. The molecule has 1 N–H and O–H groups in total. The van der Waals surface area contributed by atoms with Gasteiger partial charge < -0.3 is 15.0 Å². The average molecular weight is 389 g/mol. The van der Waals surface area contributed by atoms with E-state index in [0.29, 0.717) is 5.69 Å². The van der Waals surface area contributed by atoms with Gasteiger partial charge in [0.1, 0.15) is 5.41 Å². The molecule has 0 aliphatic heterocycles. The summed E-state index contributed by atoms with van der Waals surface area (Å²) in [5.41, 5.74) is -0.223. The molecule has 7 heteroatoms. The molecule has 0 heterocycles. The molecular formula is C20H21ClN2O4. The van der Waals surface area contributed by atoms with Crippen LogP contribution in [-0.4, -0.2) is 31.9 Å². The number of ether oxygens (including phenoxy) is 1. The molecule has 0 radical (unpaired) electrons. The quantitative estimate of drug-likeness (QED) is 0.625. The lowest BCUT2D eigenvalue weighted by molar-refractivity contribution is -0.136. The highest BCUT2D eigenvalue weighted by Gasteiger charge is 2.39. The summed E-state index contributed by atoms with van der Waals surface area (Å²) >= 11 is 6.11. The van der Waals surface area contributed by atoms with E-state index in [1.54, 1.807) is 19.2 Å². The van der Waals surface area contributed by atoms with Crippen molar-refractivity contribution in [1.82, 2.24) is 0 Å². The van der Waals surface area contributed by atoms with E-state index in [2.05, 4.69) is 10.1 Å². The number of benzene rings is 2. The Bertz CT molecular complexity index is 866. The first-order chi connectivity index (χ1) is 12.7. The van der Waals surface area contributed by atoms with Crippen molar-refractivity contribution in [1.29, 1.82) is 0 Å². The number of carbonyl (C=O) groups is 3. The van der Waals surface area contributed by atoms with Crippen molar-refractivity contribution in [2.75, 3.05) is 24.4 Å². The van der Waals surface area contributed by atoms with Crippen molar-refractivity contribution in [3.63, 3.8) is 0 Å². The summed E-state index contributed by atoms with van der Waals surface area (Å²) in [6.45, 7) is 3.06. The van der Waals surface area contributed by atoms with Crippen LogP contribution in [0.1, 0.15) is 24.2 Å². The normalized spacial score (nSPS) is 10.9. The van der Waals surface area contributed by atoms with Gasteiger partial charge in [0, 0.05) is 12.7 Å². The lowest BCUT2D eigenvalue weighted by Crippen LogP contribution is -2.46. The Morgan fingerprint density at radius 1 is 1.07 bits per heavy atom. The van der Waals surface area contributed by atoms with Gasteiger partial charge in [-0.1, -0.05) is 29.8 Å². The van der Waals surface area contributed by atoms with E-state index in [4.69, 9.17) is 11.6 Å². The first-order valence-corrected chi connectivity index (χ1v) is 8.58. The lowest BCUT2D eigenvalue weighted by Gasteiger charge is -2.28. The van der Waals surface area contributed by atoms with E-state index in [-0.39, 0.29) is 22.2 Å². The zero-order chi connectivity index (χ0) is 20.2. The molecule has 2 rings (SSSR count). The fourth-order valence-electron chi connectivity index (χ4n) is 2.43. The van der Waals surface area contributed by atoms with Crippen LogP contribution in [0.15, 0.2) is 48.5 Å². The van der Waals surface area contributed by atoms with Crippen molar-refractivity contribution >= 4 is 40.8 Å². The monoisotopic (exact) mass is 388 g/mol. The van der Waals surface area contributed by atoms with Crippen LogP contribution in [0.25, 0.3) is 0 Å². The van der Waals surface area contributed by atoms with Crippen molar-refractivity contribution in [3.05, 3.63) is 59.1 Å². The van der Waals surface area contributed by atoms with Crippen LogP contribution in [0, 0.1) is 5.41 Å². The third-order valence-electron chi connectivity index (χ3n) is 4.19. The maximum absolute atomic E-state index is 12.9. The molecule has 2 aromatic rings. The summed E-state index contributed by atoms with van der Waals surface area (Å²) < 4.78 is 4.67. The number of nitrogens with zero attached hydrogens (tertiary/aromatic N) is 1. The number of halogens is 1. The number of carbonyl (C=O) groups excluding carboxylic acids is 3. The van der Waals surface area contributed by atoms with Crippen LogP contribution in [0.2, 0.25) is 5.02 Å². The fraction of sp³-hybridized carbons (Fsp3) is 0.250. The van der Waals surface area contributed by atoms with Gasteiger partial charge in [-0.2, -0.15) is 0 Å². The maximum atomic E-state index is 12.9. The number of methoxy groups -OCH3 is 1. The zero-order valence-corrected chi connectivity index (χ0v) is 16.3. The predicted molar refractivity (Wildman–Crippen MR) is 105 cm³/mol. The molecule has 0 atom stereocenters. The van der Waals surface area contributed by atoms with Gasteiger partial charge in [0.25, 0.3) is 0 Å². The average Bonchev–Trinajstić information content (AvgIpc) is 2.68. The third-order valence-corrected chi connectivity index (χ3v) is 4.52. The zero-order valence-electron chi connectivity index (χ0n) is 15.6. The van der Waals surface area contributed by atoms with Crippen molar-refractivity contribution < 1.29 is 19.1 Å². The Kier molecular flexibility index (Phi) is 6.23. The largest absolute Gasteiger partial charge is 0.465 e. The topological polar surface area (TPSA) is 75.7 Å². The third kappa shape index (κ3) is 4.46. The van der Waals surface area contributed by atoms with E-state index < -0.39 is 17.3 Å². The van der Waals surface area contributed by atoms with Gasteiger partial charge in [-0.25, -0.2) is 4.79 Å². The molecule has 2 amide bonds. The van der Waals surface area contributed by atoms with Crippen LogP contribution in [0.4, 0.5) is 11.4 Å². The molecule has 0 aromatic heterocycles. The molecule has 0 saturated carbocycles. The lowest BCUT2D eigenvalue weighted by atomic mass is 9.90. The SMILES string of the molecule is COC(=O)c1ccc(Cl)c(NC(=O)C(C)(C)C(=O)N(C)c2ccccc2)c1. The number of para-hydroxylation sites is 1. The van der Waals surface area contributed by atoms with Crippen LogP contribution in [0.3, 0.4) is 0 Å². The highest BCUT2D eigenvalue weighted by atomic mass is 35.5. The van der Waals surface area contributed by atoms with Gasteiger partial charge in [0.2, 0.25) is 11.8 Å². The van der Waals surface area contributed by atoms with Gasteiger partial charge in [-0.3, -0.25) is 9.59 Å². The minimum absolute atomic E-state index is 0.229. The molecule has 0 saturated heterocycles. The van der Waals surface area contributed by atoms with E-state index in [1.165, 1.54) is 44.1 Å². The number of anilines is 2. The number of nitrogens with one attached hydrogen (secondary N) is 1. The summed E-state index contributed by atoms with van der Waals surface area (Å²) in [6.07, 6.45) is 0. The number of hydrogen-bond donors (Lipinski definition) is 1. The van der Waals surface area contributed by atoms with E-state index in [0.717, 1.165) is 0 Å². The van der Waals surface area contributed by atoms with E-state index in [9.17, 15) is 14.4 Å². The maximum Gasteiger partial charge on any atom is 0.337 e. The Balaban J connectivity index is 2.23. The number of esters is 1. The van der Waals surface area contributed by atoms with Crippen molar-refractivity contribution in [2.45, 2.75) is 13.8 Å². The molecular weight excluding hydrogens is 368 g/mol. The van der Waals surface area contributed by atoms with Crippen LogP contribution < -0.4 is 10.2 Å². The first kappa shape index (κ1) is 20.5. The molecule has 2 aromatic carbocycles. The highest BCUT2D eigenvalue weighted by Crippen LogP contribution is 2.28. The van der Waals surface area contributed by atoms with Crippen molar-refractivity contribution in [2.24, 2.45) is 5.41 Å². The van der Waals surface area contributed by atoms with Gasteiger partial charge in [-0.15, -0.1) is 0 Å². The Labute approximate surface area is 163 Å². The molecule has 0 aliphatic rings. The molecule has 0 spiro atoms. The summed E-state index contributed by atoms with van der Waals surface area (Å²) in [6, 6.07) is 13.4. The van der Waals surface area contributed by atoms with Gasteiger partial charge >= 0.3 is 5.97 Å². The molecule has 0 unspecified atom stereocenters. The summed E-state index contributed by atoms with van der Waals surface area (Å²) in [5, 5.41) is 2.88. The van der Waals surface area contributed by atoms with Crippen LogP contribution in [-0.2, 0) is 14.3 Å². The molecule has 0 bridgehead atoms. The fourth-order valence-corrected chi connectivity index (χ4v) is 2.59. The van der Waals surface area contributed by atoms with Gasteiger partial charge in [-0.05, 0) is 44.2 Å². The first-order valence-electron chi connectivity index (χ1n) is 8.21. The van der Waals surface area contributed by atoms with Gasteiger partial charge in [0.15, 0.2) is 0 Å². The second kappa shape index (κ2) is 8.22. The number of amides is 2. The minimum atomic E-state index is -1.37. The molecule has 142 valence electrons. The summed E-state index contributed by atoms with van der Waals surface area (Å²) in [4.78, 5) is 38.7. The number of hydrogen-bond acceptors (Lipinski definition) is 4. The standard InChI is InChI=1S/C20H21ClN2O4/c1-20(2,19(26)23(3)14-8-6-5-7-9-14)18(25)22-16-12-13(17(24)27-4)10-11-15(16)21/h5-12H,1-4H3,(H,22,25). The van der Waals surface area contributed by atoms with E-state index >= 15 is 0 Å². The Morgan fingerprint density at radius 2 is 1.70 bits per heavy atom. The molecule has 0 fully saturated rings. The molecule has 6 nitrogen and oxygen atoms in total. The summed E-state index contributed by atoms with van der Waals surface area (Å²) in [7, 11) is 2.87. The second-order valence-electron chi connectivity index (χ2n) is 6.47. The smallest absolute Gasteiger partial charge is 0.337 e. The predicted octanol–water partition coefficient (Wildman–Crippen LogP) is 3.75. The summed E-state index contributed by atoms with van der Waals surface area (Å²) in [5.74, 6) is -1.48. The van der Waals surface area contributed by atoms with Crippen LogP contribution >= 0.6 is 11.6 Å². The van der Waals surface area contributed by atoms with Crippen molar-refractivity contribution in [3.8, 4) is 0 Å². The molecule has 0 aliphatic carbocycles. The number of rotatable bonds is 5. The Morgan fingerprint density at radius 3 is 2.30 bits per heavy atom. The van der Waals surface area contributed by atoms with Gasteiger partial charge in [0.05, 0.1) is 23.4 Å². The highest BCUT2D eigenvalue weighted by molar-refractivity contribution is 6.34. The van der Waals surface area contributed by atoms with Crippen LogP contribution in [0.5, 0.6) is 0 Å².